The van der Waals surface area contributed by atoms with E-state index in [1.54, 1.807) is 30.3 Å². The molecule has 0 saturated carbocycles. The molecule has 36 heavy (non-hydrogen) atoms. The Balaban J connectivity index is 1.57. The maximum absolute atomic E-state index is 13.2. The van der Waals surface area contributed by atoms with Crippen LogP contribution in [0.2, 0.25) is 0 Å². The Morgan fingerprint density at radius 3 is 2.22 bits per heavy atom. The Morgan fingerprint density at radius 2 is 1.61 bits per heavy atom. The first-order valence-electron chi connectivity index (χ1n) is 11.6. The second kappa shape index (κ2) is 9.88. The molecule has 3 aromatic carbocycles. The molecule has 4 rings (SSSR count). The SMILES string of the molecule is C[C@@](O)(c1ccc(CN2CCN(c3cccc(S(C)(=O)=O)c3)C[C@@H]2c2ccccc2)cc1)C(F)(F)F. The number of hydrogen-bond donors (Lipinski definition) is 1. The van der Waals surface area contributed by atoms with E-state index in [0.717, 1.165) is 23.7 Å². The maximum atomic E-state index is 13.2. The van der Waals surface area contributed by atoms with E-state index in [0.29, 0.717) is 26.2 Å². The summed E-state index contributed by atoms with van der Waals surface area (Å²) in [6.45, 7) is 3.23. The van der Waals surface area contributed by atoms with Gasteiger partial charge in [-0.05, 0) is 41.8 Å². The molecule has 0 bridgehead atoms. The molecule has 1 aliphatic heterocycles. The number of sulfone groups is 1. The Kier molecular flexibility index (Phi) is 7.19. The Morgan fingerprint density at radius 1 is 0.944 bits per heavy atom. The molecule has 0 unspecified atom stereocenters. The van der Waals surface area contributed by atoms with Crippen molar-refractivity contribution in [2.24, 2.45) is 0 Å². The van der Waals surface area contributed by atoms with Crippen molar-refractivity contribution in [2.75, 3.05) is 30.8 Å². The summed E-state index contributed by atoms with van der Waals surface area (Å²) in [5.41, 5.74) is -0.348. The second-order valence-electron chi connectivity index (χ2n) is 9.38. The Bertz CT molecular complexity index is 1290. The van der Waals surface area contributed by atoms with Crippen LogP contribution in [0.25, 0.3) is 0 Å². The van der Waals surface area contributed by atoms with Crippen molar-refractivity contribution in [3.63, 3.8) is 0 Å². The summed E-state index contributed by atoms with van der Waals surface area (Å²) in [6.07, 6.45) is -3.58. The summed E-state index contributed by atoms with van der Waals surface area (Å²) in [5, 5.41) is 9.95. The van der Waals surface area contributed by atoms with Gasteiger partial charge in [0.25, 0.3) is 0 Å². The van der Waals surface area contributed by atoms with Crippen molar-refractivity contribution in [3.8, 4) is 0 Å². The number of alkyl halides is 3. The average Bonchev–Trinajstić information content (AvgIpc) is 2.84. The molecule has 1 fully saturated rings. The second-order valence-corrected chi connectivity index (χ2v) is 11.4. The van der Waals surface area contributed by atoms with Gasteiger partial charge in [-0.25, -0.2) is 8.42 Å². The minimum absolute atomic E-state index is 0.0141. The lowest BCUT2D eigenvalue weighted by Crippen LogP contribution is -2.48. The van der Waals surface area contributed by atoms with E-state index in [9.17, 15) is 26.7 Å². The van der Waals surface area contributed by atoms with Crippen molar-refractivity contribution in [3.05, 3.63) is 95.6 Å². The summed E-state index contributed by atoms with van der Waals surface area (Å²) >= 11 is 0. The van der Waals surface area contributed by atoms with E-state index in [1.807, 2.05) is 36.4 Å². The van der Waals surface area contributed by atoms with E-state index in [2.05, 4.69) is 9.80 Å². The first kappa shape index (κ1) is 26.2. The summed E-state index contributed by atoms with van der Waals surface area (Å²) in [7, 11) is -3.33. The smallest absolute Gasteiger partial charge is 0.376 e. The van der Waals surface area contributed by atoms with Gasteiger partial charge in [-0.1, -0.05) is 60.7 Å². The summed E-state index contributed by atoms with van der Waals surface area (Å²) < 4.78 is 63.7. The fourth-order valence-corrected chi connectivity index (χ4v) is 5.14. The topological polar surface area (TPSA) is 60.9 Å². The zero-order valence-electron chi connectivity index (χ0n) is 20.1. The van der Waals surface area contributed by atoms with Gasteiger partial charge < -0.3 is 10.0 Å². The predicted octanol–water partition coefficient (Wildman–Crippen LogP) is 4.92. The van der Waals surface area contributed by atoms with Crippen LogP contribution < -0.4 is 4.90 Å². The van der Waals surface area contributed by atoms with Gasteiger partial charge in [0.05, 0.1) is 10.9 Å². The van der Waals surface area contributed by atoms with Gasteiger partial charge in [-0.3, -0.25) is 4.90 Å². The van der Waals surface area contributed by atoms with E-state index in [-0.39, 0.29) is 16.5 Å². The van der Waals surface area contributed by atoms with E-state index in [1.165, 1.54) is 18.4 Å². The number of hydrogen-bond acceptors (Lipinski definition) is 5. The number of rotatable bonds is 6. The van der Waals surface area contributed by atoms with E-state index < -0.39 is 21.6 Å². The molecule has 1 N–H and O–H groups in total. The van der Waals surface area contributed by atoms with Gasteiger partial charge in [0.2, 0.25) is 0 Å². The first-order chi connectivity index (χ1) is 16.9. The minimum atomic E-state index is -4.77. The number of benzene rings is 3. The largest absolute Gasteiger partial charge is 0.421 e. The van der Waals surface area contributed by atoms with Crippen molar-refractivity contribution >= 4 is 15.5 Å². The van der Waals surface area contributed by atoms with Crippen LogP contribution in [0, 0.1) is 0 Å². The number of halogens is 3. The molecule has 1 aliphatic rings. The monoisotopic (exact) mass is 518 g/mol. The standard InChI is InChI=1S/C27H29F3N2O3S/c1-26(33,27(28,29)30)22-13-11-20(12-14-22)18-32-16-15-31(19-25(32)21-7-4-3-5-8-21)23-9-6-10-24(17-23)36(2,34)35/h3-14,17,25,33H,15-16,18-19H2,1-2H3/t25-,26-/m1/s1. The lowest BCUT2D eigenvalue weighted by molar-refractivity contribution is -0.258. The fraction of sp³-hybridized carbons (Fsp3) is 0.333. The minimum Gasteiger partial charge on any atom is -0.376 e. The van der Waals surface area contributed by atoms with Crippen LogP contribution in [0.1, 0.15) is 29.7 Å². The molecule has 1 heterocycles. The van der Waals surface area contributed by atoms with Crippen LogP contribution in [0.15, 0.2) is 83.8 Å². The van der Waals surface area contributed by atoms with Gasteiger partial charge in [-0.15, -0.1) is 0 Å². The van der Waals surface area contributed by atoms with E-state index in [4.69, 9.17) is 0 Å². The third-order valence-corrected chi connectivity index (χ3v) is 7.85. The highest BCUT2D eigenvalue weighted by Crippen LogP contribution is 2.38. The van der Waals surface area contributed by atoms with Crippen molar-refractivity contribution in [2.45, 2.75) is 36.2 Å². The molecule has 1 saturated heterocycles. The molecule has 0 amide bonds. The normalized spacial score (nSPS) is 19.2. The molecule has 3 aromatic rings. The molecule has 5 nitrogen and oxygen atoms in total. The van der Waals surface area contributed by atoms with Gasteiger partial charge in [0.1, 0.15) is 0 Å². The van der Waals surface area contributed by atoms with Crippen LogP contribution in [0.3, 0.4) is 0 Å². The lowest BCUT2D eigenvalue weighted by Gasteiger charge is -2.43. The average molecular weight is 519 g/mol. The quantitative estimate of drug-likeness (QED) is 0.502. The Labute approximate surface area is 209 Å². The molecule has 2 atom stereocenters. The molecular formula is C27H29F3N2O3S. The molecule has 0 aromatic heterocycles. The van der Waals surface area contributed by atoms with Crippen molar-refractivity contribution in [1.29, 1.82) is 0 Å². The van der Waals surface area contributed by atoms with Gasteiger partial charge in [0, 0.05) is 38.1 Å². The van der Waals surface area contributed by atoms with Crippen LogP contribution in [-0.2, 0) is 22.0 Å². The Hall–Kier alpha value is -2.88. The molecule has 0 aliphatic carbocycles. The maximum Gasteiger partial charge on any atom is 0.421 e. The molecule has 0 radical (unpaired) electrons. The highest BCUT2D eigenvalue weighted by atomic mass is 32.2. The van der Waals surface area contributed by atoms with Crippen LogP contribution >= 0.6 is 0 Å². The number of anilines is 1. The zero-order valence-corrected chi connectivity index (χ0v) is 20.9. The third-order valence-electron chi connectivity index (χ3n) is 6.74. The highest BCUT2D eigenvalue weighted by Gasteiger charge is 2.51. The molecular weight excluding hydrogens is 489 g/mol. The summed E-state index contributed by atoms with van der Waals surface area (Å²) in [4.78, 5) is 4.70. The number of piperazine rings is 1. The predicted molar refractivity (Wildman–Crippen MR) is 133 cm³/mol. The van der Waals surface area contributed by atoms with Crippen molar-refractivity contribution in [1.82, 2.24) is 4.90 Å². The molecule has 0 spiro atoms. The van der Waals surface area contributed by atoms with Crippen LogP contribution in [0.4, 0.5) is 18.9 Å². The van der Waals surface area contributed by atoms with Crippen molar-refractivity contribution < 1.29 is 26.7 Å². The molecule has 192 valence electrons. The highest BCUT2D eigenvalue weighted by molar-refractivity contribution is 7.90. The van der Waals surface area contributed by atoms with E-state index >= 15 is 0 Å². The third kappa shape index (κ3) is 5.58. The fourth-order valence-electron chi connectivity index (χ4n) is 4.48. The summed E-state index contributed by atoms with van der Waals surface area (Å²) in [6, 6.07) is 22.8. The number of nitrogens with zero attached hydrogens (tertiary/aromatic N) is 2. The lowest BCUT2D eigenvalue weighted by atomic mass is 9.94. The number of aliphatic hydroxyl groups is 1. The zero-order chi connectivity index (χ0) is 26.1. The van der Waals surface area contributed by atoms with Gasteiger partial charge >= 0.3 is 6.18 Å². The van der Waals surface area contributed by atoms with Crippen LogP contribution in [-0.4, -0.2) is 50.5 Å². The first-order valence-corrected chi connectivity index (χ1v) is 13.5. The van der Waals surface area contributed by atoms with Gasteiger partial charge in [-0.2, -0.15) is 13.2 Å². The summed E-state index contributed by atoms with van der Waals surface area (Å²) in [5.74, 6) is 0. The van der Waals surface area contributed by atoms with Crippen LogP contribution in [0.5, 0.6) is 0 Å². The van der Waals surface area contributed by atoms with Gasteiger partial charge in [0.15, 0.2) is 15.4 Å². The molecule has 9 heteroatoms.